The summed E-state index contributed by atoms with van der Waals surface area (Å²) >= 11 is 0. The third-order valence-corrected chi connectivity index (χ3v) is 2.81. The first-order valence-corrected chi connectivity index (χ1v) is 6.33. The van der Waals surface area contributed by atoms with Crippen molar-refractivity contribution in [2.45, 2.75) is 45.6 Å². The summed E-state index contributed by atoms with van der Waals surface area (Å²) in [6.45, 7) is 6.15. The summed E-state index contributed by atoms with van der Waals surface area (Å²) in [7, 11) is 0. The Hall–Kier alpha value is -1.65. The van der Waals surface area contributed by atoms with Crippen molar-refractivity contribution in [3.63, 3.8) is 0 Å². The Labute approximate surface area is 107 Å². The van der Waals surface area contributed by atoms with E-state index >= 15 is 0 Å². The van der Waals surface area contributed by atoms with E-state index in [1.54, 1.807) is 6.33 Å². The van der Waals surface area contributed by atoms with E-state index in [1.807, 2.05) is 20.8 Å². The number of amides is 1. The van der Waals surface area contributed by atoms with Gasteiger partial charge < -0.3 is 10.6 Å². The first kappa shape index (κ1) is 12.8. The molecule has 18 heavy (non-hydrogen) atoms. The molecule has 98 valence electrons. The molecule has 0 aromatic carbocycles. The lowest BCUT2D eigenvalue weighted by Crippen LogP contribution is -2.43. The van der Waals surface area contributed by atoms with Crippen LogP contribution >= 0.6 is 0 Å². The van der Waals surface area contributed by atoms with Gasteiger partial charge in [0.25, 0.3) is 0 Å². The molecule has 1 aliphatic carbocycles. The molecule has 1 amide bonds. The van der Waals surface area contributed by atoms with Crippen LogP contribution in [0.2, 0.25) is 0 Å². The Kier molecular flexibility index (Phi) is 3.50. The molecule has 0 unspecified atom stereocenters. The molecule has 1 aromatic heterocycles. The van der Waals surface area contributed by atoms with E-state index in [4.69, 9.17) is 0 Å². The molecule has 1 heterocycles. The number of aryl methyl sites for hydroxylation is 1. The van der Waals surface area contributed by atoms with Gasteiger partial charge in [0.1, 0.15) is 12.1 Å². The molecule has 0 radical (unpaired) electrons. The second-order valence-electron chi connectivity index (χ2n) is 5.65. The van der Waals surface area contributed by atoms with Crippen molar-refractivity contribution in [3.05, 3.63) is 17.6 Å². The van der Waals surface area contributed by atoms with Gasteiger partial charge in [-0.1, -0.05) is 0 Å². The van der Waals surface area contributed by atoms with Crippen LogP contribution < -0.4 is 10.6 Å². The highest BCUT2D eigenvalue weighted by Gasteiger charge is 2.18. The van der Waals surface area contributed by atoms with Crippen LogP contribution in [0, 0.1) is 0 Å². The molecule has 5 nitrogen and oxygen atoms in total. The zero-order valence-corrected chi connectivity index (χ0v) is 11.2. The summed E-state index contributed by atoms with van der Waals surface area (Å²) in [6.07, 6.45) is 4.70. The van der Waals surface area contributed by atoms with E-state index in [0.29, 0.717) is 0 Å². The van der Waals surface area contributed by atoms with Gasteiger partial charge in [0.15, 0.2) is 0 Å². The average molecular weight is 248 g/mol. The number of nitrogens with one attached hydrogen (secondary N) is 2. The average Bonchev–Trinajstić information content (AvgIpc) is 2.72. The zero-order chi connectivity index (χ0) is 13.2. The molecule has 1 aliphatic rings. The normalized spacial score (nSPS) is 14.2. The maximum atomic E-state index is 11.7. The van der Waals surface area contributed by atoms with E-state index in [-0.39, 0.29) is 18.0 Å². The molecular formula is C13H20N4O. The second-order valence-corrected chi connectivity index (χ2v) is 5.65. The van der Waals surface area contributed by atoms with Gasteiger partial charge in [0, 0.05) is 16.8 Å². The first-order chi connectivity index (χ1) is 8.46. The van der Waals surface area contributed by atoms with Crippen LogP contribution in [0.5, 0.6) is 0 Å². The minimum Gasteiger partial charge on any atom is -0.361 e. The number of carbonyl (C=O) groups is 1. The van der Waals surface area contributed by atoms with Gasteiger partial charge in [-0.2, -0.15) is 0 Å². The number of anilines is 1. The van der Waals surface area contributed by atoms with E-state index in [2.05, 4.69) is 20.6 Å². The van der Waals surface area contributed by atoms with Crippen molar-refractivity contribution in [1.82, 2.24) is 15.3 Å². The summed E-state index contributed by atoms with van der Waals surface area (Å²) in [5, 5.41) is 6.02. The van der Waals surface area contributed by atoms with Gasteiger partial charge in [-0.15, -0.1) is 0 Å². The van der Waals surface area contributed by atoms with Gasteiger partial charge in [-0.3, -0.25) is 4.79 Å². The Morgan fingerprint density at radius 3 is 2.83 bits per heavy atom. The van der Waals surface area contributed by atoms with Crippen LogP contribution in [0.1, 0.15) is 38.4 Å². The molecular weight excluding hydrogens is 228 g/mol. The molecule has 2 N–H and O–H groups in total. The highest BCUT2D eigenvalue weighted by atomic mass is 16.2. The Morgan fingerprint density at radius 2 is 2.11 bits per heavy atom. The van der Waals surface area contributed by atoms with Gasteiger partial charge >= 0.3 is 0 Å². The number of hydrogen-bond acceptors (Lipinski definition) is 4. The van der Waals surface area contributed by atoms with Crippen LogP contribution in [0.25, 0.3) is 0 Å². The summed E-state index contributed by atoms with van der Waals surface area (Å²) in [5.74, 6) is 0.786. The standard InChI is InChI=1S/C13H20N4O/c1-13(2,3)17-11(18)7-14-12-9-5-4-6-10(9)15-8-16-12/h8H,4-7H2,1-3H3,(H,17,18)(H,14,15,16). The van der Waals surface area contributed by atoms with E-state index in [1.165, 1.54) is 5.56 Å². The maximum absolute atomic E-state index is 11.7. The molecule has 0 saturated heterocycles. The highest BCUT2D eigenvalue weighted by Crippen LogP contribution is 2.24. The minimum absolute atomic E-state index is 0.0205. The van der Waals surface area contributed by atoms with Crippen LogP contribution in [-0.4, -0.2) is 28.0 Å². The summed E-state index contributed by atoms with van der Waals surface area (Å²) in [6, 6.07) is 0. The molecule has 0 aliphatic heterocycles. The molecule has 0 spiro atoms. The Bertz CT molecular complexity index is 451. The third kappa shape index (κ3) is 3.18. The van der Waals surface area contributed by atoms with Crippen molar-refractivity contribution in [2.75, 3.05) is 11.9 Å². The van der Waals surface area contributed by atoms with E-state index in [0.717, 1.165) is 30.8 Å². The largest absolute Gasteiger partial charge is 0.361 e. The molecule has 0 fully saturated rings. The molecule has 0 atom stereocenters. The number of carbonyl (C=O) groups excluding carboxylic acids is 1. The molecule has 1 aromatic rings. The predicted molar refractivity (Wildman–Crippen MR) is 70.4 cm³/mol. The highest BCUT2D eigenvalue weighted by molar-refractivity contribution is 5.81. The van der Waals surface area contributed by atoms with Gasteiger partial charge in [-0.05, 0) is 40.0 Å². The number of fused-ring (bicyclic) bond motifs is 1. The van der Waals surface area contributed by atoms with Crippen molar-refractivity contribution in [1.29, 1.82) is 0 Å². The SMILES string of the molecule is CC(C)(C)NC(=O)CNc1ncnc2c1CCC2. The van der Waals surface area contributed by atoms with Gasteiger partial charge in [0.05, 0.1) is 6.54 Å². The number of nitrogens with zero attached hydrogens (tertiary/aromatic N) is 2. The molecule has 5 heteroatoms. The number of rotatable bonds is 3. The fourth-order valence-electron chi connectivity index (χ4n) is 2.14. The summed E-state index contributed by atoms with van der Waals surface area (Å²) in [5.41, 5.74) is 2.08. The monoisotopic (exact) mass is 248 g/mol. The fourth-order valence-corrected chi connectivity index (χ4v) is 2.14. The quantitative estimate of drug-likeness (QED) is 0.846. The van der Waals surface area contributed by atoms with Crippen LogP contribution in [0.4, 0.5) is 5.82 Å². The zero-order valence-electron chi connectivity index (χ0n) is 11.2. The van der Waals surface area contributed by atoms with Crippen molar-refractivity contribution >= 4 is 11.7 Å². The van der Waals surface area contributed by atoms with E-state index < -0.39 is 0 Å². The van der Waals surface area contributed by atoms with Crippen LogP contribution in [-0.2, 0) is 17.6 Å². The minimum atomic E-state index is -0.202. The lowest BCUT2D eigenvalue weighted by molar-refractivity contribution is -0.120. The number of aromatic nitrogens is 2. The van der Waals surface area contributed by atoms with Gasteiger partial charge in [0.2, 0.25) is 5.91 Å². The molecule has 2 rings (SSSR count). The Balaban J connectivity index is 1.95. The van der Waals surface area contributed by atoms with Crippen molar-refractivity contribution in [3.8, 4) is 0 Å². The topological polar surface area (TPSA) is 66.9 Å². The van der Waals surface area contributed by atoms with Gasteiger partial charge in [-0.25, -0.2) is 9.97 Å². The molecule has 0 saturated carbocycles. The first-order valence-electron chi connectivity index (χ1n) is 6.33. The lowest BCUT2D eigenvalue weighted by atomic mass is 10.1. The van der Waals surface area contributed by atoms with Crippen molar-refractivity contribution in [2.24, 2.45) is 0 Å². The van der Waals surface area contributed by atoms with Crippen molar-refractivity contribution < 1.29 is 4.79 Å². The third-order valence-electron chi connectivity index (χ3n) is 2.81. The van der Waals surface area contributed by atoms with Crippen LogP contribution in [0.15, 0.2) is 6.33 Å². The van der Waals surface area contributed by atoms with Crippen LogP contribution in [0.3, 0.4) is 0 Å². The maximum Gasteiger partial charge on any atom is 0.239 e. The Morgan fingerprint density at radius 1 is 1.33 bits per heavy atom. The number of hydrogen-bond donors (Lipinski definition) is 2. The smallest absolute Gasteiger partial charge is 0.239 e. The lowest BCUT2D eigenvalue weighted by Gasteiger charge is -2.20. The second kappa shape index (κ2) is 4.92. The summed E-state index contributed by atoms with van der Waals surface area (Å²) in [4.78, 5) is 20.2. The predicted octanol–water partition coefficient (Wildman–Crippen LogP) is 1.29. The van der Waals surface area contributed by atoms with E-state index in [9.17, 15) is 4.79 Å². The fraction of sp³-hybridized carbons (Fsp3) is 0.615. The summed E-state index contributed by atoms with van der Waals surface area (Å²) < 4.78 is 0. The molecule has 0 bridgehead atoms.